The molecule has 2 unspecified atom stereocenters. The molecule has 0 saturated carbocycles. The Morgan fingerprint density at radius 2 is 2.00 bits per heavy atom. The van der Waals surface area contributed by atoms with E-state index in [0.29, 0.717) is 5.92 Å². The Bertz CT molecular complexity index is 349. The van der Waals surface area contributed by atoms with E-state index in [-0.39, 0.29) is 11.5 Å². The lowest BCUT2D eigenvalue weighted by Gasteiger charge is -2.35. The number of benzene rings is 1. The summed E-state index contributed by atoms with van der Waals surface area (Å²) in [5, 5.41) is 10.0. The van der Waals surface area contributed by atoms with Crippen molar-refractivity contribution in [1.82, 2.24) is 0 Å². The van der Waals surface area contributed by atoms with Gasteiger partial charge in [0.25, 0.3) is 0 Å². The molecule has 1 aliphatic carbocycles. The fourth-order valence-corrected chi connectivity index (χ4v) is 2.20. The molecule has 0 amide bonds. The van der Waals surface area contributed by atoms with Crippen LogP contribution < -0.4 is 0 Å². The highest BCUT2D eigenvalue weighted by molar-refractivity contribution is 5.39. The molecule has 0 radical (unpaired) electrons. The Kier molecular flexibility index (Phi) is 2.59. The smallest absolute Gasteiger partial charge is 0.0594 e. The molecule has 1 aromatic rings. The number of aliphatic hydroxyl groups excluding tert-OH is 1. The van der Waals surface area contributed by atoms with Gasteiger partial charge in [-0.15, -0.1) is 0 Å². The molecule has 1 heteroatoms. The second-order valence-electron chi connectivity index (χ2n) is 5.72. The summed E-state index contributed by atoms with van der Waals surface area (Å²) in [6.45, 7) is 6.30. The van der Waals surface area contributed by atoms with Crippen LogP contribution in [0.3, 0.4) is 0 Å². The standard InChI is InChI=1S/C14H20O/c1-14(2,3)13(15)9-11-8-10-6-4-5-7-12(10)11/h4-7,11,13,15H,8-9H2,1-3H3. The summed E-state index contributed by atoms with van der Waals surface area (Å²) < 4.78 is 0. The molecule has 0 saturated heterocycles. The van der Waals surface area contributed by atoms with Crippen molar-refractivity contribution in [1.29, 1.82) is 0 Å². The molecular formula is C14H20O. The third kappa shape index (κ3) is 2.07. The fourth-order valence-electron chi connectivity index (χ4n) is 2.20. The maximum Gasteiger partial charge on any atom is 0.0594 e. The molecule has 0 bridgehead atoms. The molecular weight excluding hydrogens is 184 g/mol. The quantitative estimate of drug-likeness (QED) is 0.784. The Labute approximate surface area is 92.1 Å². The van der Waals surface area contributed by atoms with Crippen LogP contribution in [0, 0.1) is 5.41 Å². The van der Waals surface area contributed by atoms with Gasteiger partial charge in [-0.25, -0.2) is 0 Å². The van der Waals surface area contributed by atoms with Gasteiger partial charge in [-0.1, -0.05) is 45.0 Å². The van der Waals surface area contributed by atoms with Crippen molar-refractivity contribution in [3.8, 4) is 0 Å². The fraction of sp³-hybridized carbons (Fsp3) is 0.571. The molecule has 15 heavy (non-hydrogen) atoms. The summed E-state index contributed by atoms with van der Waals surface area (Å²) in [5.74, 6) is 0.579. The van der Waals surface area contributed by atoms with Crippen molar-refractivity contribution < 1.29 is 5.11 Å². The van der Waals surface area contributed by atoms with Crippen LogP contribution in [0.1, 0.15) is 44.2 Å². The largest absolute Gasteiger partial charge is 0.393 e. The summed E-state index contributed by atoms with van der Waals surface area (Å²) in [6, 6.07) is 8.57. The van der Waals surface area contributed by atoms with Gasteiger partial charge < -0.3 is 5.11 Å². The van der Waals surface area contributed by atoms with E-state index in [1.54, 1.807) is 0 Å². The predicted octanol–water partition coefficient (Wildman–Crippen LogP) is 3.12. The van der Waals surface area contributed by atoms with Crippen molar-refractivity contribution in [3.63, 3.8) is 0 Å². The van der Waals surface area contributed by atoms with Crippen LogP contribution in [-0.4, -0.2) is 11.2 Å². The Hall–Kier alpha value is -0.820. The number of hydrogen-bond acceptors (Lipinski definition) is 1. The van der Waals surface area contributed by atoms with Gasteiger partial charge in [0.2, 0.25) is 0 Å². The van der Waals surface area contributed by atoms with Crippen LogP contribution in [0.4, 0.5) is 0 Å². The summed E-state index contributed by atoms with van der Waals surface area (Å²) in [4.78, 5) is 0. The molecule has 2 rings (SSSR count). The molecule has 0 aliphatic heterocycles. The number of rotatable bonds is 2. The highest BCUT2D eigenvalue weighted by atomic mass is 16.3. The molecule has 0 spiro atoms. The van der Waals surface area contributed by atoms with Crippen LogP contribution in [0.5, 0.6) is 0 Å². The summed E-state index contributed by atoms with van der Waals surface area (Å²) in [5.41, 5.74) is 2.91. The third-order valence-corrected chi connectivity index (χ3v) is 3.47. The molecule has 1 N–H and O–H groups in total. The van der Waals surface area contributed by atoms with Crippen molar-refractivity contribution in [2.24, 2.45) is 5.41 Å². The highest BCUT2D eigenvalue weighted by Crippen LogP contribution is 2.40. The number of hydrogen-bond donors (Lipinski definition) is 1. The highest BCUT2D eigenvalue weighted by Gasteiger charge is 2.31. The Balaban J connectivity index is 2.01. The Morgan fingerprint density at radius 1 is 1.33 bits per heavy atom. The maximum absolute atomic E-state index is 10.0. The molecule has 82 valence electrons. The SMILES string of the molecule is CC(C)(C)C(O)CC1Cc2ccccc21. The first-order chi connectivity index (χ1) is 6.98. The van der Waals surface area contributed by atoms with Gasteiger partial charge in [-0.05, 0) is 35.3 Å². The van der Waals surface area contributed by atoms with E-state index in [1.807, 2.05) is 0 Å². The zero-order chi connectivity index (χ0) is 11.1. The normalized spacial score (nSPS) is 21.7. The minimum atomic E-state index is -0.198. The summed E-state index contributed by atoms with van der Waals surface area (Å²) >= 11 is 0. The van der Waals surface area contributed by atoms with Crippen molar-refractivity contribution in [2.75, 3.05) is 0 Å². The van der Waals surface area contributed by atoms with Crippen molar-refractivity contribution >= 4 is 0 Å². The van der Waals surface area contributed by atoms with Crippen molar-refractivity contribution in [2.45, 2.75) is 45.6 Å². The molecule has 0 fully saturated rings. The van der Waals surface area contributed by atoms with Gasteiger partial charge in [-0.3, -0.25) is 0 Å². The number of aliphatic hydroxyl groups is 1. The average molecular weight is 204 g/mol. The predicted molar refractivity (Wildman–Crippen MR) is 63.0 cm³/mol. The van der Waals surface area contributed by atoms with E-state index in [1.165, 1.54) is 11.1 Å². The molecule has 1 aliphatic rings. The van der Waals surface area contributed by atoms with Crippen LogP contribution in [-0.2, 0) is 6.42 Å². The molecule has 2 atom stereocenters. The van der Waals surface area contributed by atoms with Crippen LogP contribution in [0.15, 0.2) is 24.3 Å². The van der Waals surface area contributed by atoms with Gasteiger partial charge in [0, 0.05) is 0 Å². The van der Waals surface area contributed by atoms with E-state index < -0.39 is 0 Å². The van der Waals surface area contributed by atoms with E-state index in [4.69, 9.17) is 0 Å². The second-order valence-corrected chi connectivity index (χ2v) is 5.72. The average Bonchev–Trinajstić information content (AvgIpc) is 2.12. The van der Waals surface area contributed by atoms with Crippen LogP contribution in [0.2, 0.25) is 0 Å². The van der Waals surface area contributed by atoms with Crippen LogP contribution in [0.25, 0.3) is 0 Å². The van der Waals surface area contributed by atoms with Gasteiger partial charge in [0.1, 0.15) is 0 Å². The minimum Gasteiger partial charge on any atom is -0.393 e. The van der Waals surface area contributed by atoms with Gasteiger partial charge >= 0.3 is 0 Å². The van der Waals surface area contributed by atoms with E-state index in [0.717, 1.165) is 12.8 Å². The molecule has 1 nitrogen and oxygen atoms in total. The monoisotopic (exact) mass is 204 g/mol. The van der Waals surface area contributed by atoms with Gasteiger partial charge in [0.15, 0.2) is 0 Å². The zero-order valence-electron chi connectivity index (χ0n) is 9.83. The van der Waals surface area contributed by atoms with E-state index in [2.05, 4.69) is 45.0 Å². The first-order valence-electron chi connectivity index (χ1n) is 5.74. The lowest BCUT2D eigenvalue weighted by molar-refractivity contribution is 0.0473. The van der Waals surface area contributed by atoms with Crippen LogP contribution >= 0.6 is 0 Å². The van der Waals surface area contributed by atoms with Crippen molar-refractivity contribution in [3.05, 3.63) is 35.4 Å². The topological polar surface area (TPSA) is 20.2 Å². The summed E-state index contributed by atoms with van der Waals surface area (Å²) in [7, 11) is 0. The lowest BCUT2D eigenvalue weighted by atomic mass is 9.72. The van der Waals surface area contributed by atoms with E-state index in [9.17, 15) is 5.11 Å². The number of fused-ring (bicyclic) bond motifs is 1. The minimum absolute atomic E-state index is 0.00450. The first kappa shape index (κ1) is 10.7. The van der Waals surface area contributed by atoms with E-state index >= 15 is 0 Å². The Morgan fingerprint density at radius 3 is 2.60 bits per heavy atom. The molecule has 0 heterocycles. The first-order valence-corrected chi connectivity index (χ1v) is 5.74. The zero-order valence-corrected chi connectivity index (χ0v) is 9.83. The van der Waals surface area contributed by atoms with Gasteiger partial charge in [0.05, 0.1) is 6.10 Å². The maximum atomic E-state index is 10.0. The molecule has 0 aromatic heterocycles. The van der Waals surface area contributed by atoms with Gasteiger partial charge in [-0.2, -0.15) is 0 Å². The lowest BCUT2D eigenvalue weighted by Crippen LogP contribution is -2.31. The molecule has 1 aromatic carbocycles. The summed E-state index contributed by atoms with van der Waals surface area (Å²) in [6.07, 6.45) is 1.85. The second kappa shape index (κ2) is 3.64. The third-order valence-electron chi connectivity index (χ3n) is 3.47.